The topological polar surface area (TPSA) is 70.6 Å². The minimum atomic E-state index is -3.84. The predicted octanol–water partition coefficient (Wildman–Crippen LogP) is 3.42. The summed E-state index contributed by atoms with van der Waals surface area (Å²) >= 11 is 1.46. The van der Waals surface area contributed by atoms with Crippen LogP contribution in [0.15, 0.2) is 53.4 Å². The number of aryl methyl sites for hydroxylation is 1. The summed E-state index contributed by atoms with van der Waals surface area (Å²) in [6.07, 6.45) is 1.94. The summed E-state index contributed by atoms with van der Waals surface area (Å²) in [5.41, 5.74) is 1.63. The number of fused-ring (bicyclic) bond motifs is 1. The molecule has 0 spiro atoms. The van der Waals surface area contributed by atoms with Crippen molar-refractivity contribution in [3.8, 4) is 0 Å². The van der Waals surface area contributed by atoms with E-state index in [-0.39, 0.29) is 23.9 Å². The fraction of sp³-hybridized carbons (Fsp3) is 0.333. The first kappa shape index (κ1) is 20.0. The Hall–Kier alpha value is -2.29. The van der Waals surface area contributed by atoms with Crippen molar-refractivity contribution < 1.29 is 13.2 Å². The van der Waals surface area contributed by atoms with E-state index < -0.39 is 10.0 Å². The maximum Gasteiger partial charge on any atom is 0.243 e. The highest BCUT2D eigenvalue weighted by atomic mass is 32.2. The van der Waals surface area contributed by atoms with Gasteiger partial charge in [-0.3, -0.25) is 4.79 Å². The highest BCUT2D eigenvalue weighted by Crippen LogP contribution is 2.27. The van der Waals surface area contributed by atoms with Gasteiger partial charge in [0.05, 0.1) is 26.7 Å². The predicted molar refractivity (Wildman–Crippen MR) is 114 cm³/mol. The first-order valence-corrected chi connectivity index (χ1v) is 11.9. The van der Waals surface area contributed by atoms with Crippen LogP contribution in [-0.2, 0) is 21.4 Å². The van der Waals surface area contributed by atoms with Crippen LogP contribution in [0.25, 0.3) is 10.2 Å². The summed E-state index contributed by atoms with van der Waals surface area (Å²) in [6, 6.07) is 14.3. The van der Waals surface area contributed by atoms with Crippen LogP contribution < -0.4 is 0 Å². The van der Waals surface area contributed by atoms with Crippen molar-refractivity contribution in [3.63, 3.8) is 0 Å². The third-order valence-electron chi connectivity index (χ3n) is 5.08. The molecule has 1 amide bonds. The van der Waals surface area contributed by atoms with E-state index in [0.717, 1.165) is 33.6 Å². The molecule has 0 unspecified atom stereocenters. The molecule has 0 aliphatic carbocycles. The summed E-state index contributed by atoms with van der Waals surface area (Å²) in [4.78, 5) is 19.1. The molecule has 152 valence electrons. The lowest BCUT2D eigenvalue weighted by molar-refractivity contribution is -0.130. The molecule has 8 heteroatoms. The molecule has 1 aliphatic rings. The van der Waals surface area contributed by atoms with E-state index in [1.54, 1.807) is 23.1 Å². The Labute approximate surface area is 174 Å². The van der Waals surface area contributed by atoms with Gasteiger partial charge in [-0.2, -0.15) is 4.31 Å². The van der Waals surface area contributed by atoms with Gasteiger partial charge in [0.15, 0.2) is 0 Å². The summed E-state index contributed by atoms with van der Waals surface area (Å²) in [7, 11) is -3.84. The number of rotatable bonds is 6. The number of benzene rings is 2. The van der Waals surface area contributed by atoms with E-state index in [1.165, 1.54) is 15.6 Å². The number of likely N-dealkylation sites (tertiary alicyclic amines) is 1. The number of hydrogen-bond donors (Lipinski definition) is 0. The lowest BCUT2D eigenvalue weighted by atomic mass is 10.2. The Balaban J connectivity index is 1.67. The van der Waals surface area contributed by atoms with Crippen molar-refractivity contribution in [2.45, 2.75) is 31.2 Å². The number of thiazole rings is 1. The zero-order chi connectivity index (χ0) is 20.4. The van der Waals surface area contributed by atoms with Crippen molar-refractivity contribution in [1.82, 2.24) is 14.2 Å². The maximum atomic E-state index is 13.5. The van der Waals surface area contributed by atoms with Crippen LogP contribution in [0.2, 0.25) is 0 Å². The summed E-state index contributed by atoms with van der Waals surface area (Å²) in [5.74, 6) is -0.142. The van der Waals surface area contributed by atoms with Crippen LogP contribution in [0.3, 0.4) is 0 Å². The molecule has 1 fully saturated rings. The normalized spacial score (nSPS) is 14.8. The quantitative estimate of drug-likeness (QED) is 0.602. The second kappa shape index (κ2) is 8.22. The smallest absolute Gasteiger partial charge is 0.243 e. The molecule has 0 atom stereocenters. The van der Waals surface area contributed by atoms with Crippen LogP contribution in [0.4, 0.5) is 0 Å². The van der Waals surface area contributed by atoms with E-state index in [4.69, 9.17) is 0 Å². The molecule has 1 aromatic heterocycles. The van der Waals surface area contributed by atoms with Gasteiger partial charge in [0.2, 0.25) is 15.9 Å². The first-order valence-electron chi connectivity index (χ1n) is 9.62. The zero-order valence-electron chi connectivity index (χ0n) is 16.2. The van der Waals surface area contributed by atoms with Gasteiger partial charge in [-0.15, -0.1) is 11.3 Å². The van der Waals surface area contributed by atoms with Crippen molar-refractivity contribution in [2.24, 2.45) is 0 Å². The van der Waals surface area contributed by atoms with E-state index in [1.807, 2.05) is 37.3 Å². The molecule has 0 N–H and O–H groups in total. The lowest BCUT2D eigenvalue weighted by Crippen LogP contribution is -2.41. The molecule has 0 bridgehead atoms. The number of amides is 1. The van der Waals surface area contributed by atoms with Crippen molar-refractivity contribution in [1.29, 1.82) is 0 Å². The van der Waals surface area contributed by atoms with Crippen molar-refractivity contribution in [3.05, 3.63) is 59.1 Å². The fourth-order valence-corrected chi connectivity index (χ4v) is 5.91. The Kier molecular flexibility index (Phi) is 5.67. The molecule has 1 aliphatic heterocycles. The highest BCUT2D eigenvalue weighted by Gasteiger charge is 2.30. The lowest BCUT2D eigenvalue weighted by Gasteiger charge is -2.24. The third-order valence-corrected chi connectivity index (χ3v) is 7.80. The van der Waals surface area contributed by atoms with E-state index in [9.17, 15) is 13.2 Å². The Morgan fingerprint density at radius 3 is 2.59 bits per heavy atom. The molecular weight excluding hydrogens is 406 g/mol. The molecule has 0 saturated carbocycles. The first-order chi connectivity index (χ1) is 13.9. The molecule has 2 aromatic carbocycles. The minimum absolute atomic E-state index is 0.142. The third kappa shape index (κ3) is 4.34. The van der Waals surface area contributed by atoms with Crippen molar-refractivity contribution in [2.75, 3.05) is 19.6 Å². The van der Waals surface area contributed by atoms with Crippen LogP contribution in [0.5, 0.6) is 0 Å². The van der Waals surface area contributed by atoms with Gasteiger partial charge < -0.3 is 4.90 Å². The summed E-state index contributed by atoms with van der Waals surface area (Å²) < 4.78 is 29.1. The molecular formula is C21H23N3O3S2. The molecule has 4 rings (SSSR count). The van der Waals surface area contributed by atoms with Gasteiger partial charge in [0.1, 0.15) is 0 Å². The number of nitrogens with zero attached hydrogens (tertiary/aromatic N) is 3. The highest BCUT2D eigenvalue weighted by molar-refractivity contribution is 7.89. The van der Waals surface area contributed by atoms with Crippen LogP contribution in [0, 0.1) is 6.92 Å². The van der Waals surface area contributed by atoms with Gasteiger partial charge in [-0.25, -0.2) is 13.4 Å². The number of carbonyl (C=O) groups is 1. The number of sulfonamides is 1. The molecule has 0 radical (unpaired) electrons. The minimum Gasteiger partial charge on any atom is -0.342 e. The maximum absolute atomic E-state index is 13.5. The molecule has 6 nitrogen and oxygen atoms in total. The standard InChI is InChI=1S/C21H23N3O3S2/c1-16-22-19-10-9-18(13-20(19)28-16)29(26,27)24(14-17-7-3-2-4-8-17)15-21(25)23-11-5-6-12-23/h2-4,7-10,13H,5-6,11-12,14-15H2,1H3. The van der Waals surface area contributed by atoms with Gasteiger partial charge in [-0.05, 0) is 43.5 Å². The van der Waals surface area contributed by atoms with Crippen LogP contribution >= 0.6 is 11.3 Å². The second-order valence-electron chi connectivity index (χ2n) is 7.21. The SMILES string of the molecule is Cc1nc2ccc(S(=O)(=O)N(CC(=O)N3CCCC3)Cc3ccccc3)cc2s1. The largest absolute Gasteiger partial charge is 0.342 e. The molecule has 3 aromatic rings. The number of aromatic nitrogens is 1. The Bertz CT molecular complexity index is 1120. The average Bonchev–Trinajstić information content (AvgIpc) is 3.36. The number of hydrogen-bond acceptors (Lipinski definition) is 5. The van der Waals surface area contributed by atoms with Crippen LogP contribution in [0.1, 0.15) is 23.4 Å². The van der Waals surface area contributed by atoms with Gasteiger partial charge >= 0.3 is 0 Å². The molecule has 2 heterocycles. The van der Waals surface area contributed by atoms with E-state index >= 15 is 0 Å². The van der Waals surface area contributed by atoms with Crippen molar-refractivity contribution >= 4 is 37.5 Å². The fourth-order valence-electron chi connectivity index (χ4n) is 3.56. The average molecular weight is 430 g/mol. The zero-order valence-corrected chi connectivity index (χ0v) is 17.9. The van der Waals surface area contributed by atoms with Crippen LogP contribution in [-0.4, -0.2) is 48.1 Å². The summed E-state index contributed by atoms with van der Waals surface area (Å²) in [5, 5.41) is 0.889. The molecule has 1 saturated heterocycles. The Morgan fingerprint density at radius 2 is 1.86 bits per heavy atom. The summed E-state index contributed by atoms with van der Waals surface area (Å²) in [6.45, 7) is 3.29. The van der Waals surface area contributed by atoms with Gasteiger partial charge in [0.25, 0.3) is 0 Å². The van der Waals surface area contributed by atoms with E-state index in [0.29, 0.717) is 13.1 Å². The molecule has 29 heavy (non-hydrogen) atoms. The monoisotopic (exact) mass is 429 g/mol. The Morgan fingerprint density at radius 1 is 1.14 bits per heavy atom. The van der Waals surface area contributed by atoms with Gasteiger partial charge in [0, 0.05) is 19.6 Å². The van der Waals surface area contributed by atoms with E-state index in [2.05, 4.69) is 4.98 Å². The second-order valence-corrected chi connectivity index (χ2v) is 10.4. The number of carbonyl (C=O) groups excluding carboxylic acids is 1. The van der Waals surface area contributed by atoms with Gasteiger partial charge in [-0.1, -0.05) is 30.3 Å².